The average molecular weight is 685 g/mol. The molecule has 0 spiro atoms. The van der Waals surface area contributed by atoms with Gasteiger partial charge in [0.2, 0.25) is 11.8 Å². The molecule has 252 valence electrons. The van der Waals surface area contributed by atoms with Crippen LogP contribution in [-0.2, 0) is 26.2 Å². The molecule has 0 saturated heterocycles. The number of amides is 2. The van der Waals surface area contributed by atoms with Gasteiger partial charge in [0.1, 0.15) is 18.3 Å². The molecule has 2 amide bonds. The number of carbonyl (C=O) groups excluding carboxylic acids is 2. The molecule has 11 nitrogen and oxygen atoms in total. The van der Waals surface area contributed by atoms with Gasteiger partial charge in [-0.3, -0.25) is 24.0 Å². The molecule has 0 aromatic heterocycles. The maximum Gasteiger partial charge on any atom is 0.273 e. The number of anilines is 1. The van der Waals surface area contributed by atoms with Crippen molar-refractivity contribution < 1.29 is 27.7 Å². The van der Waals surface area contributed by atoms with Crippen LogP contribution in [0.5, 0.6) is 5.75 Å². The summed E-state index contributed by atoms with van der Waals surface area (Å²) in [6.45, 7) is 4.53. The smallest absolute Gasteiger partial charge is 0.273 e. The maximum absolute atomic E-state index is 14.5. The Kier molecular flexibility index (Phi) is 11.9. The number of hydrogen-bond acceptors (Lipinski definition) is 7. The molecule has 1 aliphatic rings. The second-order valence-corrected chi connectivity index (χ2v) is 14.0. The average Bonchev–Trinajstić information content (AvgIpc) is 3.04. The third-order valence-corrected chi connectivity index (χ3v) is 10.6. The van der Waals surface area contributed by atoms with Crippen LogP contribution in [0.15, 0.2) is 65.6 Å². The zero-order valence-electron chi connectivity index (χ0n) is 27.1. The van der Waals surface area contributed by atoms with Gasteiger partial charge in [-0.05, 0) is 68.5 Å². The van der Waals surface area contributed by atoms with Gasteiger partial charge in [-0.25, -0.2) is 8.42 Å². The van der Waals surface area contributed by atoms with E-state index in [4.69, 9.17) is 16.3 Å². The van der Waals surface area contributed by atoms with Crippen LogP contribution in [0.4, 0.5) is 11.4 Å². The summed E-state index contributed by atoms with van der Waals surface area (Å²) in [5, 5.41) is 15.0. The Balaban J connectivity index is 1.81. The van der Waals surface area contributed by atoms with Gasteiger partial charge in [0.15, 0.2) is 0 Å². The number of hydrogen-bond donors (Lipinski definition) is 1. The Hall–Kier alpha value is -4.16. The number of benzene rings is 3. The lowest BCUT2D eigenvalue weighted by Gasteiger charge is -2.35. The molecule has 0 bridgehead atoms. The highest BCUT2D eigenvalue weighted by atomic mass is 35.5. The van der Waals surface area contributed by atoms with Crippen molar-refractivity contribution in [1.29, 1.82) is 0 Å². The molecule has 0 heterocycles. The van der Waals surface area contributed by atoms with Crippen LogP contribution in [0.3, 0.4) is 0 Å². The molecule has 1 saturated carbocycles. The summed E-state index contributed by atoms with van der Waals surface area (Å²) in [5.41, 5.74) is 1.56. The van der Waals surface area contributed by atoms with E-state index in [2.05, 4.69) is 5.32 Å². The van der Waals surface area contributed by atoms with Crippen LogP contribution in [0, 0.1) is 24.0 Å². The first-order valence-electron chi connectivity index (χ1n) is 15.6. The number of sulfonamides is 1. The molecule has 13 heteroatoms. The fourth-order valence-corrected chi connectivity index (χ4v) is 7.48. The molecule has 4 rings (SSSR count). The third-order valence-electron chi connectivity index (χ3n) is 8.59. The highest BCUT2D eigenvalue weighted by molar-refractivity contribution is 7.92. The largest absolute Gasteiger partial charge is 0.495 e. The third kappa shape index (κ3) is 8.41. The maximum atomic E-state index is 14.5. The molecule has 1 N–H and O–H groups in total. The van der Waals surface area contributed by atoms with E-state index in [0.717, 1.165) is 53.6 Å². The molecule has 1 fully saturated rings. The summed E-state index contributed by atoms with van der Waals surface area (Å²) in [5.74, 6) is -0.837. The van der Waals surface area contributed by atoms with Crippen molar-refractivity contribution in [2.24, 2.45) is 0 Å². The van der Waals surface area contributed by atoms with Crippen LogP contribution < -0.4 is 14.4 Å². The summed E-state index contributed by atoms with van der Waals surface area (Å²) in [6.07, 6.45) is 5.14. The van der Waals surface area contributed by atoms with Crippen molar-refractivity contribution in [3.8, 4) is 5.75 Å². The summed E-state index contributed by atoms with van der Waals surface area (Å²) in [7, 11) is -3.27. The quantitative estimate of drug-likeness (QED) is 0.164. The zero-order chi connectivity index (χ0) is 34.3. The fourth-order valence-electron chi connectivity index (χ4n) is 5.88. The lowest BCUT2D eigenvalue weighted by atomic mass is 9.95. The van der Waals surface area contributed by atoms with Gasteiger partial charge in [0.25, 0.3) is 15.7 Å². The van der Waals surface area contributed by atoms with E-state index >= 15 is 0 Å². The van der Waals surface area contributed by atoms with Crippen LogP contribution in [-0.4, -0.2) is 55.8 Å². The summed E-state index contributed by atoms with van der Waals surface area (Å²) in [6, 6.07) is 14.5. The lowest BCUT2D eigenvalue weighted by Crippen LogP contribution is -2.54. The van der Waals surface area contributed by atoms with E-state index in [9.17, 15) is 28.1 Å². The summed E-state index contributed by atoms with van der Waals surface area (Å²) < 4.78 is 35.0. The number of nitro benzene ring substituents is 1. The van der Waals surface area contributed by atoms with Gasteiger partial charge in [-0.2, -0.15) is 0 Å². The molecule has 3 aromatic rings. The Morgan fingerprint density at radius 1 is 1.04 bits per heavy atom. The summed E-state index contributed by atoms with van der Waals surface area (Å²) >= 11 is 6.32. The van der Waals surface area contributed by atoms with Gasteiger partial charge in [0.05, 0.1) is 22.6 Å². The van der Waals surface area contributed by atoms with Crippen molar-refractivity contribution in [2.75, 3.05) is 18.0 Å². The predicted molar refractivity (Wildman–Crippen MR) is 181 cm³/mol. The molecule has 1 atom stereocenters. The fraction of sp³-hybridized carbons (Fsp3) is 0.412. The standard InChI is InChI=1S/C34H41ClN4O7S/c1-5-29(34(41)36-27-13-7-6-8-14-27)37(21-25-12-10-9-11-23(25)2)33(40)22-38(31-19-26(35)16-18-32(31)46-4)47(44,45)28-17-15-24(3)30(20-28)39(42)43/h9-12,15-20,27,29H,5-8,13-14,21-22H2,1-4H3,(H,36,41)/t29-/m0/s1. The van der Waals surface area contributed by atoms with Crippen LogP contribution >= 0.6 is 11.6 Å². The van der Waals surface area contributed by atoms with E-state index in [1.54, 1.807) is 0 Å². The van der Waals surface area contributed by atoms with Crippen molar-refractivity contribution in [2.45, 2.75) is 82.8 Å². The first-order chi connectivity index (χ1) is 22.4. The number of carbonyl (C=O) groups is 2. The number of aryl methyl sites for hydroxylation is 2. The first kappa shape index (κ1) is 35.7. The Morgan fingerprint density at radius 3 is 2.38 bits per heavy atom. The number of rotatable bonds is 13. The predicted octanol–water partition coefficient (Wildman–Crippen LogP) is 6.33. The van der Waals surface area contributed by atoms with Crippen molar-refractivity contribution >= 4 is 44.8 Å². The number of methoxy groups -OCH3 is 1. The highest BCUT2D eigenvalue weighted by Gasteiger charge is 2.36. The van der Waals surface area contributed by atoms with Gasteiger partial charge >= 0.3 is 0 Å². The monoisotopic (exact) mass is 684 g/mol. The van der Waals surface area contributed by atoms with E-state index in [-0.39, 0.29) is 52.6 Å². The second-order valence-electron chi connectivity index (χ2n) is 11.7. The molecular weight excluding hydrogens is 644 g/mol. The van der Waals surface area contributed by atoms with Crippen molar-refractivity contribution in [1.82, 2.24) is 10.2 Å². The Morgan fingerprint density at radius 2 is 1.74 bits per heavy atom. The van der Waals surface area contributed by atoms with Crippen LogP contribution in [0.2, 0.25) is 5.02 Å². The molecule has 47 heavy (non-hydrogen) atoms. The Bertz CT molecular complexity index is 1730. The van der Waals surface area contributed by atoms with Crippen molar-refractivity contribution in [3.63, 3.8) is 0 Å². The molecular formula is C34H41ClN4O7S. The first-order valence-corrected chi connectivity index (χ1v) is 17.4. The number of halogens is 1. The lowest BCUT2D eigenvalue weighted by molar-refractivity contribution is -0.385. The van der Waals surface area contributed by atoms with Gasteiger partial charge < -0.3 is 15.0 Å². The zero-order valence-corrected chi connectivity index (χ0v) is 28.6. The number of nitrogens with zero attached hydrogens (tertiary/aromatic N) is 3. The normalized spacial score (nSPS) is 14.2. The number of nitro groups is 1. The van der Waals surface area contributed by atoms with Crippen LogP contribution in [0.25, 0.3) is 0 Å². The number of nitrogens with one attached hydrogen (secondary N) is 1. The second kappa shape index (κ2) is 15.6. The van der Waals surface area contributed by atoms with E-state index < -0.39 is 38.3 Å². The highest BCUT2D eigenvalue weighted by Crippen LogP contribution is 2.36. The van der Waals surface area contributed by atoms with Gasteiger partial charge in [0, 0.05) is 29.2 Å². The minimum Gasteiger partial charge on any atom is -0.495 e. The molecule has 0 aliphatic heterocycles. The van der Waals surface area contributed by atoms with Crippen molar-refractivity contribution in [3.05, 3.63) is 92.5 Å². The topological polar surface area (TPSA) is 139 Å². The summed E-state index contributed by atoms with van der Waals surface area (Å²) in [4.78, 5) is 40.4. The minimum absolute atomic E-state index is 0.00522. The molecule has 0 unspecified atom stereocenters. The van der Waals surface area contributed by atoms with Gasteiger partial charge in [-0.15, -0.1) is 0 Å². The van der Waals surface area contributed by atoms with E-state index in [0.29, 0.717) is 0 Å². The minimum atomic E-state index is -4.62. The molecule has 3 aromatic carbocycles. The molecule has 1 aliphatic carbocycles. The molecule has 0 radical (unpaired) electrons. The number of ether oxygens (including phenoxy) is 1. The Labute approximate surface area is 281 Å². The SMILES string of the molecule is CC[C@@H](C(=O)NC1CCCCC1)N(Cc1ccccc1C)C(=O)CN(c1cc(Cl)ccc1OC)S(=O)(=O)c1ccc(C)c([N+](=O)[O-])c1. The van der Waals surface area contributed by atoms with Gasteiger partial charge in [-0.1, -0.05) is 68.1 Å². The van der Waals surface area contributed by atoms with E-state index in [1.807, 2.05) is 38.1 Å². The van der Waals surface area contributed by atoms with E-state index in [1.165, 1.54) is 49.3 Å². The van der Waals surface area contributed by atoms with Crippen LogP contribution in [0.1, 0.15) is 62.1 Å².